The molecule has 3 fully saturated rings. The molecule has 2 bridgehead atoms. The summed E-state index contributed by atoms with van der Waals surface area (Å²) < 4.78 is 18.9. The van der Waals surface area contributed by atoms with Crippen molar-refractivity contribution in [2.24, 2.45) is 11.8 Å². The Morgan fingerprint density at radius 1 is 1.11 bits per heavy atom. The van der Waals surface area contributed by atoms with Crippen molar-refractivity contribution in [2.75, 3.05) is 6.54 Å². The Morgan fingerprint density at radius 3 is 2.39 bits per heavy atom. The number of ether oxygens (including phenoxy) is 1. The van der Waals surface area contributed by atoms with Crippen molar-refractivity contribution in [3.8, 4) is 0 Å². The molecular formula is C22H28BNO4. The fourth-order valence-electron chi connectivity index (χ4n) is 5.11. The lowest BCUT2D eigenvalue weighted by Gasteiger charge is -2.32. The summed E-state index contributed by atoms with van der Waals surface area (Å²) in [6.07, 6.45) is 1.92. The minimum Gasteiger partial charge on any atom is -0.400 e. The van der Waals surface area contributed by atoms with Crippen LogP contribution >= 0.6 is 0 Å². The van der Waals surface area contributed by atoms with Crippen LogP contribution in [0.25, 0.3) is 0 Å². The van der Waals surface area contributed by atoms with Gasteiger partial charge in [-0.3, -0.25) is 4.79 Å². The molecular weight excluding hydrogens is 353 g/mol. The SMILES string of the molecule is C[C@@H]1C2CN(Cc3ccccc3)C(=O)[C@]23C=C(B2OC(C)(C)C(C)(C)O2)[C@H]1O3. The zero-order chi connectivity index (χ0) is 19.9. The predicted octanol–water partition coefficient (Wildman–Crippen LogP) is 2.99. The second-order valence-corrected chi connectivity index (χ2v) is 9.70. The van der Waals surface area contributed by atoms with Gasteiger partial charge in [-0.05, 0) is 50.7 Å². The van der Waals surface area contributed by atoms with Crippen LogP contribution in [-0.2, 0) is 25.4 Å². The quantitative estimate of drug-likeness (QED) is 0.756. The first-order valence-electron chi connectivity index (χ1n) is 10.2. The summed E-state index contributed by atoms with van der Waals surface area (Å²) in [5.74, 6) is 0.505. The van der Waals surface area contributed by atoms with Crippen molar-refractivity contribution < 1.29 is 18.8 Å². The molecule has 148 valence electrons. The van der Waals surface area contributed by atoms with Gasteiger partial charge >= 0.3 is 7.12 Å². The van der Waals surface area contributed by atoms with E-state index >= 15 is 0 Å². The first-order chi connectivity index (χ1) is 13.1. The summed E-state index contributed by atoms with van der Waals surface area (Å²) in [5, 5.41) is 0. The van der Waals surface area contributed by atoms with E-state index in [4.69, 9.17) is 14.0 Å². The fraction of sp³-hybridized carbons (Fsp3) is 0.591. The maximum Gasteiger partial charge on any atom is 0.493 e. The molecule has 4 aliphatic heterocycles. The van der Waals surface area contributed by atoms with Crippen molar-refractivity contribution in [2.45, 2.75) is 64.1 Å². The summed E-state index contributed by atoms with van der Waals surface area (Å²) in [7, 11) is -0.450. The molecule has 28 heavy (non-hydrogen) atoms. The first kappa shape index (κ1) is 18.4. The third-order valence-electron chi connectivity index (χ3n) is 7.47. The highest BCUT2D eigenvalue weighted by atomic mass is 16.7. The maximum atomic E-state index is 13.4. The van der Waals surface area contributed by atoms with Crippen LogP contribution in [0.3, 0.4) is 0 Å². The molecule has 5 rings (SSSR count). The van der Waals surface area contributed by atoms with E-state index in [1.807, 2.05) is 29.2 Å². The number of carbonyl (C=O) groups excluding carboxylic acids is 1. The zero-order valence-electron chi connectivity index (χ0n) is 17.3. The molecule has 1 unspecified atom stereocenters. The van der Waals surface area contributed by atoms with E-state index in [0.29, 0.717) is 6.54 Å². The molecule has 1 spiro atoms. The van der Waals surface area contributed by atoms with E-state index in [-0.39, 0.29) is 23.8 Å². The van der Waals surface area contributed by atoms with E-state index in [0.717, 1.165) is 17.6 Å². The number of amides is 1. The number of fused-ring (bicyclic) bond motifs is 1. The van der Waals surface area contributed by atoms with E-state index in [2.05, 4.69) is 46.8 Å². The van der Waals surface area contributed by atoms with E-state index < -0.39 is 23.9 Å². The number of benzene rings is 1. The molecule has 4 heterocycles. The Labute approximate surface area is 167 Å². The normalized spacial score (nSPS) is 37.5. The molecule has 0 aliphatic carbocycles. The molecule has 0 aromatic heterocycles. The number of hydrogen-bond donors (Lipinski definition) is 0. The lowest BCUT2D eigenvalue weighted by Crippen LogP contribution is -2.41. The average Bonchev–Trinajstić information content (AvgIpc) is 3.29. The van der Waals surface area contributed by atoms with Gasteiger partial charge in [0.15, 0.2) is 5.60 Å². The van der Waals surface area contributed by atoms with Gasteiger partial charge in [0, 0.05) is 19.0 Å². The van der Waals surface area contributed by atoms with Gasteiger partial charge in [-0.1, -0.05) is 37.3 Å². The summed E-state index contributed by atoms with van der Waals surface area (Å²) in [5.41, 5.74) is 0.471. The van der Waals surface area contributed by atoms with Gasteiger partial charge in [0.1, 0.15) is 0 Å². The monoisotopic (exact) mass is 381 g/mol. The van der Waals surface area contributed by atoms with Crippen molar-refractivity contribution in [3.63, 3.8) is 0 Å². The number of rotatable bonds is 3. The molecule has 4 atom stereocenters. The number of likely N-dealkylation sites (tertiary alicyclic amines) is 1. The van der Waals surface area contributed by atoms with Crippen molar-refractivity contribution in [1.82, 2.24) is 4.90 Å². The summed E-state index contributed by atoms with van der Waals surface area (Å²) in [6.45, 7) is 11.7. The molecule has 0 radical (unpaired) electrons. The molecule has 6 heteroatoms. The van der Waals surface area contributed by atoms with Crippen LogP contribution < -0.4 is 0 Å². The van der Waals surface area contributed by atoms with Gasteiger partial charge in [0.2, 0.25) is 0 Å². The fourth-order valence-corrected chi connectivity index (χ4v) is 5.11. The van der Waals surface area contributed by atoms with Crippen LogP contribution in [-0.4, -0.2) is 47.4 Å². The van der Waals surface area contributed by atoms with Crippen molar-refractivity contribution >= 4 is 13.0 Å². The van der Waals surface area contributed by atoms with Gasteiger partial charge in [-0.2, -0.15) is 0 Å². The van der Waals surface area contributed by atoms with E-state index in [1.165, 1.54) is 0 Å². The third kappa shape index (κ3) is 2.34. The highest BCUT2D eigenvalue weighted by molar-refractivity contribution is 6.55. The highest BCUT2D eigenvalue weighted by Crippen LogP contribution is 2.56. The summed E-state index contributed by atoms with van der Waals surface area (Å²) in [6, 6.07) is 10.1. The van der Waals surface area contributed by atoms with Crippen LogP contribution in [0.2, 0.25) is 0 Å². The van der Waals surface area contributed by atoms with E-state index in [9.17, 15) is 4.79 Å². The summed E-state index contributed by atoms with van der Waals surface area (Å²) in [4.78, 5) is 15.3. The van der Waals surface area contributed by atoms with Crippen LogP contribution in [0, 0.1) is 11.8 Å². The lowest BCUT2D eigenvalue weighted by molar-refractivity contribution is -0.142. The van der Waals surface area contributed by atoms with Gasteiger partial charge < -0.3 is 18.9 Å². The second kappa shape index (κ2) is 5.71. The topological polar surface area (TPSA) is 48.0 Å². The van der Waals surface area contributed by atoms with Crippen LogP contribution in [0.1, 0.15) is 40.2 Å². The molecule has 0 N–H and O–H groups in total. The molecule has 3 saturated heterocycles. The Balaban J connectivity index is 1.43. The van der Waals surface area contributed by atoms with Crippen LogP contribution in [0.4, 0.5) is 0 Å². The van der Waals surface area contributed by atoms with Crippen LogP contribution in [0.15, 0.2) is 41.9 Å². The smallest absolute Gasteiger partial charge is 0.400 e. The minimum absolute atomic E-state index is 0.0715. The number of nitrogens with zero attached hydrogens (tertiary/aromatic N) is 1. The van der Waals surface area contributed by atoms with Gasteiger partial charge in [-0.25, -0.2) is 0 Å². The molecule has 1 aromatic carbocycles. The van der Waals surface area contributed by atoms with Gasteiger partial charge in [0.05, 0.1) is 17.3 Å². The molecule has 1 aromatic rings. The van der Waals surface area contributed by atoms with Crippen LogP contribution in [0.5, 0.6) is 0 Å². The number of hydrogen-bond acceptors (Lipinski definition) is 4. The van der Waals surface area contributed by atoms with Gasteiger partial charge in [-0.15, -0.1) is 0 Å². The van der Waals surface area contributed by atoms with E-state index in [1.54, 1.807) is 0 Å². The zero-order valence-corrected chi connectivity index (χ0v) is 17.3. The standard InChI is InChI=1S/C22H28BNO4/c1-14-16-13-24(12-15-9-7-6-8-10-15)19(25)22(16)11-17(18(14)26-22)23-27-20(2,3)21(4,5)28-23/h6-11,14,16,18H,12-13H2,1-5H3/t14-,16?,18+,22+/m1/s1. The maximum absolute atomic E-state index is 13.4. The predicted molar refractivity (Wildman–Crippen MR) is 106 cm³/mol. The Bertz CT molecular complexity index is 835. The first-order valence-corrected chi connectivity index (χ1v) is 10.2. The minimum atomic E-state index is -0.849. The molecule has 1 amide bonds. The Morgan fingerprint density at radius 2 is 1.75 bits per heavy atom. The number of carbonyl (C=O) groups is 1. The molecule has 0 saturated carbocycles. The molecule has 5 nitrogen and oxygen atoms in total. The third-order valence-corrected chi connectivity index (χ3v) is 7.47. The second-order valence-electron chi connectivity index (χ2n) is 9.70. The average molecular weight is 381 g/mol. The lowest BCUT2D eigenvalue weighted by atomic mass is 9.64. The summed E-state index contributed by atoms with van der Waals surface area (Å²) >= 11 is 0. The molecule has 4 aliphatic rings. The van der Waals surface area contributed by atoms with Crippen molar-refractivity contribution in [3.05, 3.63) is 47.4 Å². The largest absolute Gasteiger partial charge is 0.493 e. The highest BCUT2D eigenvalue weighted by Gasteiger charge is 2.69. The van der Waals surface area contributed by atoms with Crippen molar-refractivity contribution in [1.29, 1.82) is 0 Å². The van der Waals surface area contributed by atoms with Gasteiger partial charge in [0.25, 0.3) is 5.91 Å². The Kier molecular flexibility index (Phi) is 3.75. The Hall–Kier alpha value is -1.63.